The van der Waals surface area contributed by atoms with Crippen LogP contribution in [0.15, 0.2) is 0 Å². The van der Waals surface area contributed by atoms with E-state index in [1.165, 1.54) is 6.42 Å². The van der Waals surface area contributed by atoms with Gasteiger partial charge in [-0.15, -0.1) is 10.1 Å². The Morgan fingerprint density at radius 3 is 2.74 bits per heavy atom. The molecule has 6 aliphatic rings. The summed E-state index contributed by atoms with van der Waals surface area (Å²) in [5, 5.41) is 9.81. The first-order chi connectivity index (χ1) is 9.09. The smallest absolute Gasteiger partial charge is 0.294 e. The first kappa shape index (κ1) is 12.2. The van der Waals surface area contributed by atoms with Gasteiger partial charge in [0.15, 0.2) is 0 Å². The van der Waals surface area contributed by atoms with Gasteiger partial charge in [0.05, 0.1) is 6.61 Å². The van der Waals surface area contributed by atoms with E-state index < -0.39 is 5.09 Å². The van der Waals surface area contributed by atoms with Crippen molar-refractivity contribution in [3.8, 4) is 0 Å². The molecule has 0 N–H and O–H groups in total. The van der Waals surface area contributed by atoms with Crippen molar-refractivity contribution >= 4 is 45.2 Å². The first-order valence-corrected chi connectivity index (χ1v) is 9.63. The quantitative estimate of drug-likeness (QED) is 0.266. The van der Waals surface area contributed by atoms with E-state index in [0.29, 0.717) is 12.0 Å². The van der Waals surface area contributed by atoms with Crippen LogP contribution < -0.4 is 0 Å². The summed E-state index contributed by atoms with van der Waals surface area (Å²) in [4.78, 5) is 15.1. The molecule has 6 rings (SSSR count). The predicted molar refractivity (Wildman–Crippen MR) is 84.7 cm³/mol. The van der Waals surface area contributed by atoms with Crippen LogP contribution in [0.25, 0.3) is 0 Å². The standard InChI is InChI=1S/C13H15I2NO3/c14-11-8-4-3-5-7-6(4)10(11)13(9(5)8,12(7)15)1-2-19-16(17)18/h4-12H,1-3H2/t4-,5-,6-,7+,8+,9+,10-,11+,12+,13+/m0/s1. The molecule has 0 spiro atoms. The van der Waals surface area contributed by atoms with Crippen LogP contribution in [0.1, 0.15) is 12.8 Å². The first-order valence-electron chi connectivity index (χ1n) is 7.14. The van der Waals surface area contributed by atoms with Crippen molar-refractivity contribution < 1.29 is 9.92 Å². The molecule has 0 amide bonds. The van der Waals surface area contributed by atoms with Gasteiger partial charge < -0.3 is 4.84 Å². The van der Waals surface area contributed by atoms with E-state index in [2.05, 4.69) is 50.0 Å². The molecule has 104 valence electrons. The second-order valence-corrected chi connectivity index (χ2v) is 9.89. The molecule has 19 heavy (non-hydrogen) atoms. The van der Waals surface area contributed by atoms with E-state index in [1.54, 1.807) is 0 Å². The summed E-state index contributed by atoms with van der Waals surface area (Å²) in [6.07, 6.45) is 2.39. The molecular formula is C13H15I2NO3. The third-order valence-corrected chi connectivity index (χ3v) is 10.9. The van der Waals surface area contributed by atoms with Gasteiger partial charge in [0, 0.05) is 7.85 Å². The van der Waals surface area contributed by atoms with E-state index in [1.807, 2.05) is 0 Å². The third-order valence-electron chi connectivity index (χ3n) is 7.30. The zero-order chi connectivity index (χ0) is 13.1. The summed E-state index contributed by atoms with van der Waals surface area (Å²) in [6.45, 7) is 0.312. The summed E-state index contributed by atoms with van der Waals surface area (Å²) in [6, 6.07) is 0. The van der Waals surface area contributed by atoms with Crippen molar-refractivity contribution in [3.63, 3.8) is 0 Å². The van der Waals surface area contributed by atoms with Crippen molar-refractivity contribution in [3.05, 3.63) is 10.1 Å². The van der Waals surface area contributed by atoms with Crippen molar-refractivity contribution in [1.29, 1.82) is 0 Å². The van der Waals surface area contributed by atoms with Gasteiger partial charge in [0.2, 0.25) is 0 Å². The molecule has 0 aromatic carbocycles. The van der Waals surface area contributed by atoms with Crippen LogP contribution in [0.3, 0.4) is 0 Å². The van der Waals surface area contributed by atoms with Crippen LogP contribution in [0.4, 0.5) is 0 Å². The summed E-state index contributed by atoms with van der Waals surface area (Å²) >= 11 is 5.40. The fraction of sp³-hybridized carbons (Fsp3) is 1.00. The highest BCUT2D eigenvalue weighted by Gasteiger charge is 2.87. The Labute approximate surface area is 138 Å². The zero-order valence-corrected chi connectivity index (χ0v) is 14.6. The minimum Gasteiger partial charge on any atom is -0.314 e. The van der Waals surface area contributed by atoms with Gasteiger partial charge in [0.1, 0.15) is 0 Å². The number of hydrogen-bond acceptors (Lipinski definition) is 3. The molecule has 4 nitrogen and oxygen atoms in total. The summed E-state index contributed by atoms with van der Waals surface area (Å²) in [7, 11) is 0. The average molecular weight is 487 g/mol. The van der Waals surface area contributed by atoms with Gasteiger partial charge in [-0.1, -0.05) is 45.2 Å². The third kappa shape index (κ3) is 1.07. The van der Waals surface area contributed by atoms with Crippen LogP contribution in [0.2, 0.25) is 0 Å². The molecule has 0 radical (unpaired) electrons. The topological polar surface area (TPSA) is 52.4 Å². The van der Waals surface area contributed by atoms with Gasteiger partial charge in [-0.3, -0.25) is 0 Å². The van der Waals surface area contributed by atoms with Crippen molar-refractivity contribution in [2.75, 3.05) is 6.61 Å². The largest absolute Gasteiger partial charge is 0.314 e. The Morgan fingerprint density at radius 1 is 1.21 bits per heavy atom. The molecule has 6 bridgehead atoms. The lowest BCUT2D eigenvalue weighted by Gasteiger charge is -2.42. The van der Waals surface area contributed by atoms with E-state index in [9.17, 15) is 10.1 Å². The fourth-order valence-electron chi connectivity index (χ4n) is 7.48. The number of alkyl halides is 2. The van der Waals surface area contributed by atoms with Crippen molar-refractivity contribution in [1.82, 2.24) is 0 Å². The Morgan fingerprint density at radius 2 is 2.00 bits per heavy atom. The van der Waals surface area contributed by atoms with Crippen molar-refractivity contribution in [2.45, 2.75) is 20.7 Å². The molecule has 0 saturated heterocycles. The fourth-order valence-corrected chi connectivity index (χ4v) is 11.8. The minimum absolute atomic E-state index is 0.312. The van der Waals surface area contributed by atoms with E-state index in [0.717, 1.165) is 55.7 Å². The molecule has 6 saturated carbocycles. The van der Waals surface area contributed by atoms with Crippen LogP contribution >= 0.6 is 45.2 Å². The average Bonchev–Trinajstić information content (AvgIpc) is 3.05. The molecule has 6 fully saturated rings. The van der Waals surface area contributed by atoms with Gasteiger partial charge >= 0.3 is 0 Å². The van der Waals surface area contributed by atoms with Crippen LogP contribution in [0, 0.1) is 57.0 Å². The van der Waals surface area contributed by atoms with E-state index >= 15 is 0 Å². The molecule has 0 aromatic heterocycles. The maximum absolute atomic E-state index is 10.4. The number of nitrogens with zero attached hydrogens (tertiary/aromatic N) is 1. The minimum atomic E-state index is -0.621. The number of rotatable bonds is 4. The molecule has 0 heterocycles. The molecule has 6 heteroatoms. The van der Waals surface area contributed by atoms with Gasteiger partial charge in [-0.2, -0.15) is 0 Å². The normalized spacial score (nSPS) is 65.7. The maximum Gasteiger partial charge on any atom is 0.294 e. The zero-order valence-electron chi connectivity index (χ0n) is 10.2. The number of halogens is 2. The van der Waals surface area contributed by atoms with Crippen LogP contribution in [0.5, 0.6) is 0 Å². The second-order valence-electron chi connectivity index (χ2n) is 7.11. The highest BCUT2D eigenvalue weighted by atomic mass is 127. The van der Waals surface area contributed by atoms with Gasteiger partial charge in [-0.25, -0.2) is 0 Å². The lowest BCUT2D eigenvalue weighted by Crippen LogP contribution is -2.40. The Bertz CT molecular complexity index is 485. The van der Waals surface area contributed by atoms with Gasteiger partial charge in [0.25, 0.3) is 5.09 Å². The van der Waals surface area contributed by atoms with Gasteiger partial charge in [-0.05, 0) is 59.7 Å². The highest BCUT2D eigenvalue weighted by Crippen LogP contribution is 2.89. The molecular weight excluding hydrogens is 472 g/mol. The second kappa shape index (κ2) is 3.52. The van der Waals surface area contributed by atoms with Crippen LogP contribution in [-0.4, -0.2) is 19.5 Å². The summed E-state index contributed by atoms with van der Waals surface area (Å²) in [5.74, 6) is 6.51. The molecule has 10 atom stereocenters. The lowest BCUT2D eigenvalue weighted by molar-refractivity contribution is -0.758. The Balaban J connectivity index is 1.52. The highest BCUT2D eigenvalue weighted by molar-refractivity contribution is 14.1. The van der Waals surface area contributed by atoms with E-state index in [4.69, 9.17) is 0 Å². The summed E-state index contributed by atoms with van der Waals surface area (Å²) < 4.78 is 1.59. The Kier molecular flexibility index (Phi) is 2.27. The maximum atomic E-state index is 10.4. The predicted octanol–water partition coefficient (Wildman–Crippen LogP) is 2.95. The molecule has 0 aromatic rings. The lowest BCUT2D eigenvalue weighted by atomic mass is 9.62. The van der Waals surface area contributed by atoms with E-state index in [-0.39, 0.29) is 0 Å². The molecule has 6 aliphatic carbocycles. The Hall–Kier alpha value is 0.660. The monoisotopic (exact) mass is 487 g/mol. The molecule has 0 unspecified atom stereocenters. The SMILES string of the molecule is O=[N+]([O-])OCC[C@@]12[C@@H]3[C@H](I)[C@@H]4[C@H]5C[C@@H]([C@H]([C@H]53)[C@H]1I)[C@H]42. The van der Waals surface area contributed by atoms with Crippen LogP contribution in [-0.2, 0) is 4.84 Å². The number of hydrogen-bond donors (Lipinski definition) is 0. The summed E-state index contributed by atoms with van der Waals surface area (Å²) in [5.41, 5.74) is 0.389. The van der Waals surface area contributed by atoms with Crippen molar-refractivity contribution in [2.24, 2.45) is 46.8 Å². The molecule has 0 aliphatic heterocycles.